The van der Waals surface area contributed by atoms with Gasteiger partial charge in [-0.25, -0.2) is 0 Å². The number of amides is 1. The molecule has 0 heterocycles. The number of rotatable bonds is 6. The number of thioether (sulfide) groups is 1. The lowest BCUT2D eigenvalue weighted by molar-refractivity contribution is -0.140. The zero-order valence-corrected chi connectivity index (χ0v) is 12.4. The van der Waals surface area contributed by atoms with Crippen molar-refractivity contribution in [2.45, 2.75) is 24.3 Å². The summed E-state index contributed by atoms with van der Waals surface area (Å²) in [6, 6.07) is 4.99. The first-order chi connectivity index (χ1) is 8.93. The van der Waals surface area contributed by atoms with E-state index in [4.69, 9.17) is 17.3 Å². The van der Waals surface area contributed by atoms with E-state index in [1.807, 2.05) is 6.92 Å². The molecule has 0 aliphatic carbocycles. The maximum atomic E-state index is 11.1. The second-order valence-corrected chi connectivity index (χ2v) is 5.91. The van der Waals surface area contributed by atoms with Crippen molar-refractivity contribution in [1.82, 2.24) is 0 Å². The van der Waals surface area contributed by atoms with Crippen molar-refractivity contribution in [3.05, 3.63) is 34.3 Å². The van der Waals surface area contributed by atoms with Crippen LogP contribution >= 0.6 is 23.4 Å². The van der Waals surface area contributed by atoms with Gasteiger partial charge in [-0.05, 0) is 17.7 Å². The molecule has 104 valence electrons. The Hall–Kier alpha value is -1.20. The standard InChI is InChI=1S/C13H16ClNO3S/c1-8(5-12(16)18-2)19-7-10-4-3-9(13(15)17)6-11(10)14/h3-4,6,8H,5,7H2,1-2H3,(H2,15,17). The number of benzene rings is 1. The summed E-state index contributed by atoms with van der Waals surface area (Å²) in [7, 11) is 1.37. The molecule has 1 rings (SSSR count). The first kappa shape index (κ1) is 15.9. The summed E-state index contributed by atoms with van der Waals surface area (Å²) >= 11 is 7.68. The lowest BCUT2D eigenvalue weighted by Crippen LogP contribution is -2.11. The molecule has 4 nitrogen and oxygen atoms in total. The molecule has 0 radical (unpaired) electrons. The molecule has 0 fully saturated rings. The predicted octanol–water partition coefficient (Wildman–Crippen LogP) is 2.62. The molecule has 1 atom stereocenters. The SMILES string of the molecule is COC(=O)CC(C)SCc1ccc(C(N)=O)cc1Cl. The maximum Gasteiger partial charge on any atom is 0.306 e. The second kappa shape index (κ2) is 7.40. The fourth-order valence-corrected chi connectivity index (χ4v) is 2.72. The van der Waals surface area contributed by atoms with Crippen LogP contribution in [0.25, 0.3) is 0 Å². The number of hydrogen-bond acceptors (Lipinski definition) is 4. The molecule has 6 heteroatoms. The summed E-state index contributed by atoms with van der Waals surface area (Å²) in [6.07, 6.45) is 0.359. The molecule has 0 saturated heterocycles. The Morgan fingerprint density at radius 3 is 2.68 bits per heavy atom. The predicted molar refractivity (Wildman–Crippen MR) is 77.4 cm³/mol. The van der Waals surface area contributed by atoms with Gasteiger partial charge in [0.25, 0.3) is 0 Å². The molecule has 0 aliphatic heterocycles. The van der Waals surface area contributed by atoms with E-state index < -0.39 is 5.91 Å². The molecule has 1 unspecified atom stereocenters. The highest BCUT2D eigenvalue weighted by molar-refractivity contribution is 7.99. The van der Waals surface area contributed by atoms with Crippen molar-refractivity contribution in [3.63, 3.8) is 0 Å². The third kappa shape index (κ3) is 5.12. The van der Waals surface area contributed by atoms with Crippen LogP contribution in [-0.4, -0.2) is 24.2 Å². The third-order valence-corrected chi connectivity index (χ3v) is 4.11. The Labute approximate surface area is 121 Å². The Bertz CT molecular complexity index is 479. The highest BCUT2D eigenvalue weighted by Gasteiger charge is 2.11. The molecule has 19 heavy (non-hydrogen) atoms. The summed E-state index contributed by atoms with van der Waals surface area (Å²) in [4.78, 5) is 22.1. The van der Waals surface area contributed by atoms with Gasteiger partial charge in [0.1, 0.15) is 0 Å². The van der Waals surface area contributed by atoms with Gasteiger partial charge in [-0.15, -0.1) is 0 Å². The van der Waals surface area contributed by atoms with Crippen LogP contribution in [0.15, 0.2) is 18.2 Å². The number of methoxy groups -OCH3 is 1. The number of carbonyl (C=O) groups is 2. The van der Waals surface area contributed by atoms with Gasteiger partial charge in [0.05, 0.1) is 13.5 Å². The molecular weight excluding hydrogens is 286 g/mol. The van der Waals surface area contributed by atoms with E-state index in [-0.39, 0.29) is 11.2 Å². The lowest BCUT2D eigenvalue weighted by Gasteiger charge is -2.11. The van der Waals surface area contributed by atoms with Gasteiger partial charge >= 0.3 is 5.97 Å². The van der Waals surface area contributed by atoms with E-state index in [0.717, 1.165) is 5.56 Å². The summed E-state index contributed by atoms with van der Waals surface area (Å²) in [5.74, 6) is -0.0638. The Morgan fingerprint density at radius 1 is 1.47 bits per heavy atom. The van der Waals surface area contributed by atoms with E-state index >= 15 is 0 Å². The molecule has 1 aromatic carbocycles. The number of ether oxygens (including phenoxy) is 1. The fraction of sp³-hybridized carbons (Fsp3) is 0.385. The molecule has 1 aromatic rings. The van der Waals surface area contributed by atoms with Crippen LogP contribution in [0, 0.1) is 0 Å². The van der Waals surface area contributed by atoms with Crippen LogP contribution in [0.1, 0.15) is 29.3 Å². The van der Waals surface area contributed by atoms with E-state index in [1.165, 1.54) is 7.11 Å². The molecule has 1 amide bonds. The van der Waals surface area contributed by atoms with Crippen molar-refractivity contribution in [2.24, 2.45) is 5.73 Å². The average molecular weight is 302 g/mol. The number of nitrogens with two attached hydrogens (primary N) is 1. The normalized spacial score (nSPS) is 11.9. The van der Waals surface area contributed by atoms with E-state index in [9.17, 15) is 9.59 Å². The smallest absolute Gasteiger partial charge is 0.306 e. The van der Waals surface area contributed by atoms with Gasteiger partial charge in [0.15, 0.2) is 0 Å². The molecule has 0 aromatic heterocycles. The van der Waals surface area contributed by atoms with Crippen LogP contribution < -0.4 is 5.73 Å². The van der Waals surface area contributed by atoms with E-state index in [2.05, 4.69) is 4.74 Å². The molecule has 0 aliphatic rings. The topological polar surface area (TPSA) is 69.4 Å². The summed E-state index contributed by atoms with van der Waals surface area (Å²) in [5, 5.41) is 0.647. The Morgan fingerprint density at radius 2 is 2.16 bits per heavy atom. The van der Waals surface area contributed by atoms with Crippen molar-refractivity contribution >= 4 is 35.2 Å². The van der Waals surface area contributed by atoms with E-state index in [1.54, 1.807) is 30.0 Å². The summed E-state index contributed by atoms with van der Waals surface area (Å²) in [5.41, 5.74) is 6.47. The quantitative estimate of drug-likeness (QED) is 0.820. The van der Waals surface area contributed by atoms with Crippen molar-refractivity contribution in [3.8, 4) is 0 Å². The molecule has 0 bridgehead atoms. The third-order valence-electron chi connectivity index (χ3n) is 2.54. The first-order valence-electron chi connectivity index (χ1n) is 5.70. The van der Waals surface area contributed by atoms with Crippen molar-refractivity contribution < 1.29 is 14.3 Å². The van der Waals surface area contributed by atoms with Gasteiger partial charge in [-0.3, -0.25) is 9.59 Å². The molecule has 2 N–H and O–H groups in total. The number of hydrogen-bond donors (Lipinski definition) is 1. The number of primary amides is 1. The minimum atomic E-state index is -0.500. The van der Waals surface area contributed by atoms with Gasteiger partial charge in [0.2, 0.25) is 5.91 Å². The van der Waals surface area contributed by atoms with Gasteiger partial charge in [-0.2, -0.15) is 11.8 Å². The van der Waals surface area contributed by atoms with Crippen LogP contribution in [0.3, 0.4) is 0 Å². The molecule has 0 saturated carbocycles. The average Bonchev–Trinajstić information content (AvgIpc) is 2.36. The van der Waals surface area contributed by atoms with Gasteiger partial charge < -0.3 is 10.5 Å². The first-order valence-corrected chi connectivity index (χ1v) is 7.13. The van der Waals surface area contributed by atoms with Crippen LogP contribution in [0.2, 0.25) is 5.02 Å². The highest BCUT2D eigenvalue weighted by atomic mass is 35.5. The number of carbonyl (C=O) groups excluding carboxylic acids is 2. The maximum absolute atomic E-state index is 11.1. The monoisotopic (exact) mass is 301 g/mol. The Balaban J connectivity index is 2.58. The van der Waals surface area contributed by atoms with Crippen molar-refractivity contribution in [1.29, 1.82) is 0 Å². The number of esters is 1. The summed E-state index contributed by atoms with van der Waals surface area (Å²) < 4.78 is 4.61. The fourth-order valence-electron chi connectivity index (χ4n) is 1.43. The Kier molecular flexibility index (Phi) is 6.18. The zero-order chi connectivity index (χ0) is 14.4. The zero-order valence-electron chi connectivity index (χ0n) is 10.8. The lowest BCUT2D eigenvalue weighted by atomic mass is 10.1. The van der Waals surface area contributed by atoms with Crippen LogP contribution in [0.5, 0.6) is 0 Å². The number of halogens is 1. The highest BCUT2D eigenvalue weighted by Crippen LogP contribution is 2.26. The summed E-state index contributed by atoms with van der Waals surface area (Å²) in [6.45, 7) is 1.95. The second-order valence-electron chi connectivity index (χ2n) is 4.07. The van der Waals surface area contributed by atoms with Gasteiger partial charge in [-0.1, -0.05) is 24.6 Å². The van der Waals surface area contributed by atoms with Crippen molar-refractivity contribution in [2.75, 3.05) is 7.11 Å². The minimum absolute atomic E-state index is 0.138. The largest absolute Gasteiger partial charge is 0.469 e. The van der Waals surface area contributed by atoms with E-state index in [0.29, 0.717) is 22.8 Å². The van der Waals surface area contributed by atoms with Gasteiger partial charge in [0, 0.05) is 21.6 Å². The van der Waals surface area contributed by atoms with Crippen LogP contribution in [-0.2, 0) is 15.3 Å². The van der Waals surface area contributed by atoms with Crippen LogP contribution in [0.4, 0.5) is 0 Å². The molecule has 0 spiro atoms. The minimum Gasteiger partial charge on any atom is -0.469 e. The molecular formula is C13H16ClNO3S.